The van der Waals surface area contributed by atoms with Gasteiger partial charge in [-0.15, -0.1) is 11.3 Å². The second-order valence-electron chi connectivity index (χ2n) is 8.01. The zero-order chi connectivity index (χ0) is 20.8. The maximum Gasteiger partial charge on any atom is 0.270 e. The molecule has 1 amide bonds. The molecule has 0 radical (unpaired) electrons. The van der Waals surface area contributed by atoms with E-state index in [1.165, 1.54) is 5.56 Å². The maximum atomic E-state index is 12.8. The van der Waals surface area contributed by atoms with Gasteiger partial charge in [-0.2, -0.15) is 0 Å². The third-order valence-corrected chi connectivity index (χ3v) is 6.67. The predicted molar refractivity (Wildman–Crippen MR) is 121 cm³/mol. The lowest BCUT2D eigenvalue weighted by Crippen LogP contribution is -2.44. The molecule has 30 heavy (non-hydrogen) atoms. The minimum Gasteiger partial charge on any atom is -0.341 e. The fourth-order valence-electron chi connectivity index (χ4n) is 4.29. The van der Waals surface area contributed by atoms with Gasteiger partial charge in [-0.1, -0.05) is 43.3 Å². The van der Waals surface area contributed by atoms with E-state index < -0.39 is 0 Å². The molecular weight excluding hydrogens is 392 g/mol. The number of nitrogens with zero attached hydrogens (tertiary/aromatic N) is 3. The highest BCUT2D eigenvalue weighted by atomic mass is 32.1. The van der Waals surface area contributed by atoms with Gasteiger partial charge in [-0.05, 0) is 48.9 Å². The molecule has 156 valence electrons. The third kappa shape index (κ3) is 5.12. The highest BCUT2D eigenvalue weighted by Crippen LogP contribution is 2.32. The Morgan fingerprint density at radius 1 is 1.17 bits per heavy atom. The van der Waals surface area contributed by atoms with Crippen molar-refractivity contribution in [3.8, 4) is 0 Å². The predicted octanol–water partition coefficient (Wildman–Crippen LogP) is 4.52. The van der Waals surface area contributed by atoms with Gasteiger partial charge in [0.2, 0.25) is 0 Å². The van der Waals surface area contributed by atoms with Gasteiger partial charge >= 0.3 is 0 Å². The first kappa shape index (κ1) is 20.7. The summed E-state index contributed by atoms with van der Waals surface area (Å²) in [6.45, 7) is 5.38. The largest absolute Gasteiger partial charge is 0.341 e. The lowest BCUT2D eigenvalue weighted by molar-refractivity contribution is 0.0874. The Bertz CT molecular complexity index is 917. The normalized spacial score (nSPS) is 19.2. The molecule has 2 aromatic heterocycles. The number of rotatable bonds is 7. The standard InChI is InChI=1S/C24H28N4OS/c1-18(19-8-3-2-4-9-19)16-28-14-7-10-20(17-28)22(24-26-13-15-30-24)27-23(29)21-11-5-6-12-25-21/h2-6,8-9,11-13,15,18,20,22H,7,10,14,16-17H2,1H3,(H,27,29)/t18-,20-,22+/m1/s1. The first-order valence-corrected chi connectivity index (χ1v) is 11.5. The van der Waals surface area contributed by atoms with Crippen LogP contribution in [0.25, 0.3) is 0 Å². The van der Waals surface area contributed by atoms with E-state index in [9.17, 15) is 4.79 Å². The highest BCUT2D eigenvalue weighted by molar-refractivity contribution is 7.09. The van der Waals surface area contributed by atoms with E-state index in [2.05, 4.69) is 57.4 Å². The fourth-order valence-corrected chi connectivity index (χ4v) is 5.07. The van der Waals surface area contributed by atoms with Crippen LogP contribution in [0.15, 0.2) is 66.3 Å². The lowest BCUT2D eigenvalue weighted by Gasteiger charge is -2.37. The summed E-state index contributed by atoms with van der Waals surface area (Å²) in [6.07, 6.45) is 5.69. The average Bonchev–Trinajstić information content (AvgIpc) is 3.33. The smallest absolute Gasteiger partial charge is 0.270 e. The van der Waals surface area contributed by atoms with Gasteiger partial charge in [0.15, 0.2) is 0 Å². The summed E-state index contributed by atoms with van der Waals surface area (Å²) < 4.78 is 0. The Morgan fingerprint density at radius 2 is 2.00 bits per heavy atom. The van der Waals surface area contributed by atoms with Gasteiger partial charge in [0, 0.05) is 30.9 Å². The van der Waals surface area contributed by atoms with Crippen molar-refractivity contribution < 1.29 is 4.79 Å². The summed E-state index contributed by atoms with van der Waals surface area (Å²) in [5.41, 5.74) is 1.82. The van der Waals surface area contributed by atoms with Crippen molar-refractivity contribution in [1.29, 1.82) is 0 Å². The Labute approximate surface area is 182 Å². The molecule has 0 aliphatic carbocycles. The van der Waals surface area contributed by atoms with Gasteiger partial charge in [-0.3, -0.25) is 9.78 Å². The van der Waals surface area contributed by atoms with Crippen LogP contribution in [0, 0.1) is 5.92 Å². The van der Waals surface area contributed by atoms with E-state index in [1.54, 1.807) is 23.6 Å². The van der Waals surface area contributed by atoms with Crippen molar-refractivity contribution >= 4 is 17.2 Å². The van der Waals surface area contributed by atoms with Gasteiger partial charge < -0.3 is 10.2 Å². The van der Waals surface area contributed by atoms with E-state index in [-0.39, 0.29) is 11.9 Å². The Kier molecular flexibility index (Phi) is 6.87. The molecule has 1 saturated heterocycles. The molecule has 3 atom stereocenters. The molecule has 3 heterocycles. The highest BCUT2D eigenvalue weighted by Gasteiger charge is 2.32. The molecule has 1 aliphatic rings. The quantitative estimate of drug-likeness (QED) is 0.610. The van der Waals surface area contributed by atoms with Crippen LogP contribution in [-0.4, -0.2) is 40.4 Å². The molecule has 1 aromatic carbocycles. The number of hydrogen-bond donors (Lipinski definition) is 1. The van der Waals surface area contributed by atoms with Crippen LogP contribution < -0.4 is 5.32 Å². The number of nitrogens with one attached hydrogen (secondary N) is 1. The number of aromatic nitrogens is 2. The summed E-state index contributed by atoms with van der Waals surface area (Å²) in [7, 11) is 0. The summed E-state index contributed by atoms with van der Waals surface area (Å²) >= 11 is 1.61. The zero-order valence-electron chi connectivity index (χ0n) is 17.3. The summed E-state index contributed by atoms with van der Waals surface area (Å²) in [5, 5.41) is 6.18. The average molecular weight is 421 g/mol. The number of carbonyl (C=O) groups is 1. The van der Waals surface area contributed by atoms with Crippen molar-refractivity contribution in [3.63, 3.8) is 0 Å². The van der Waals surface area contributed by atoms with E-state index in [1.807, 2.05) is 23.7 Å². The SMILES string of the molecule is C[C@H](CN1CCC[C@@H]([C@H](NC(=O)c2ccccn2)c2nccs2)C1)c1ccccc1. The third-order valence-electron chi connectivity index (χ3n) is 5.82. The number of amides is 1. The molecule has 1 aliphatic heterocycles. The summed E-state index contributed by atoms with van der Waals surface area (Å²) in [5.74, 6) is 0.678. The maximum absolute atomic E-state index is 12.8. The van der Waals surface area contributed by atoms with Gasteiger partial charge in [-0.25, -0.2) is 4.98 Å². The van der Waals surface area contributed by atoms with Crippen LogP contribution in [0.3, 0.4) is 0 Å². The molecule has 3 aromatic rings. The Balaban J connectivity index is 1.46. The first-order valence-electron chi connectivity index (χ1n) is 10.6. The number of likely N-dealkylation sites (tertiary alicyclic amines) is 1. The van der Waals surface area contributed by atoms with Crippen LogP contribution >= 0.6 is 11.3 Å². The molecule has 0 bridgehead atoms. The minimum absolute atomic E-state index is 0.0886. The van der Waals surface area contributed by atoms with Crippen LogP contribution in [0.5, 0.6) is 0 Å². The van der Waals surface area contributed by atoms with Crippen molar-refractivity contribution in [2.24, 2.45) is 5.92 Å². The Morgan fingerprint density at radius 3 is 2.73 bits per heavy atom. The monoisotopic (exact) mass is 420 g/mol. The second kappa shape index (κ2) is 9.96. The molecule has 0 unspecified atom stereocenters. The van der Waals surface area contributed by atoms with Gasteiger partial charge in [0.25, 0.3) is 5.91 Å². The van der Waals surface area contributed by atoms with E-state index in [0.717, 1.165) is 37.5 Å². The minimum atomic E-state index is -0.134. The van der Waals surface area contributed by atoms with Crippen molar-refractivity contribution in [3.05, 3.63) is 82.6 Å². The van der Waals surface area contributed by atoms with E-state index in [4.69, 9.17) is 0 Å². The number of benzene rings is 1. The Hall–Kier alpha value is -2.57. The molecule has 0 saturated carbocycles. The molecule has 6 heteroatoms. The number of piperidine rings is 1. The fraction of sp³-hybridized carbons (Fsp3) is 0.375. The van der Waals surface area contributed by atoms with Crippen molar-refractivity contribution in [2.45, 2.75) is 31.7 Å². The van der Waals surface area contributed by atoms with Crippen molar-refractivity contribution in [2.75, 3.05) is 19.6 Å². The molecular formula is C24H28N4OS. The zero-order valence-corrected chi connectivity index (χ0v) is 18.1. The number of pyridine rings is 1. The first-order chi connectivity index (χ1) is 14.7. The molecule has 1 fully saturated rings. The molecule has 1 N–H and O–H groups in total. The summed E-state index contributed by atoms with van der Waals surface area (Å²) in [4.78, 5) is 24.1. The topological polar surface area (TPSA) is 58.1 Å². The van der Waals surface area contributed by atoms with Crippen LogP contribution in [0.2, 0.25) is 0 Å². The molecule has 0 spiro atoms. The number of carbonyl (C=O) groups excluding carboxylic acids is 1. The summed E-state index contributed by atoms with van der Waals surface area (Å²) in [6, 6.07) is 16.0. The lowest BCUT2D eigenvalue weighted by atomic mass is 9.89. The van der Waals surface area contributed by atoms with Gasteiger partial charge in [0.05, 0.1) is 6.04 Å². The number of thiazole rings is 1. The molecule has 4 rings (SSSR count). The number of hydrogen-bond acceptors (Lipinski definition) is 5. The van der Waals surface area contributed by atoms with Crippen LogP contribution in [-0.2, 0) is 0 Å². The van der Waals surface area contributed by atoms with Gasteiger partial charge in [0.1, 0.15) is 10.7 Å². The molecule has 5 nitrogen and oxygen atoms in total. The van der Waals surface area contributed by atoms with Crippen LogP contribution in [0.4, 0.5) is 0 Å². The second-order valence-corrected chi connectivity index (χ2v) is 8.94. The van der Waals surface area contributed by atoms with Crippen LogP contribution in [0.1, 0.15) is 52.8 Å². The van der Waals surface area contributed by atoms with Crippen molar-refractivity contribution in [1.82, 2.24) is 20.2 Å². The van der Waals surface area contributed by atoms with E-state index in [0.29, 0.717) is 17.5 Å². The van der Waals surface area contributed by atoms with E-state index >= 15 is 0 Å².